The first-order valence-corrected chi connectivity index (χ1v) is 7.22. The maximum Gasteiger partial charge on any atom is 0.310 e. The Morgan fingerprint density at radius 1 is 1.38 bits per heavy atom. The van der Waals surface area contributed by atoms with E-state index >= 15 is 0 Å². The van der Waals surface area contributed by atoms with Gasteiger partial charge in [0.05, 0.1) is 31.1 Å². The number of carbonyl (C=O) groups excluding carboxylic acids is 2. The van der Waals surface area contributed by atoms with E-state index in [-0.39, 0.29) is 30.8 Å². The molecule has 2 rings (SSSR count). The minimum absolute atomic E-state index is 0.0199. The zero-order valence-electron chi connectivity index (χ0n) is 11.9. The van der Waals surface area contributed by atoms with Crippen LogP contribution in [0.15, 0.2) is 24.3 Å². The Labute approximate surface area is 128 Å². The summed E-state index contributed by atoms with van der Waals surface area (Å²) in [5, 5.41) is 0.525. The van der Waals surface area contributed by atoms with Crippen LogP contribution < -0.4 is 4.74 Å². The smallest absolute Gasteiger partial charge is 0.310 e. The van der Waals surface area contributed by atoms with Crippen LogP contribution in [0.2, 0.25) is 5.02 Å². The van der Waals surface area contributed by atoms with E-state index in [0.29, 0.717) is 30.3 Å². The van der Waals surface area contributed by atoms with Crippen molar-refractivity contribution in [1.82, 2.24) is 4.90 Å². The van der Waals surface area contributed by atoms with Gasteiger partial charge >= 0.3 is 5.97 Å². The molecule has 1 unspecified atom stereocenters. The summed E-state index contributed by atoms with van der Waals surface area (Å²) in [5.41, 5.74) is 0. The third-order valence-electron chi connectivity index (χ3n) is 3.49. The molecule has 1 aliphatic rings. The molecule has 1 amide bonds. The average molecular weight is 312 g/mol. The van der Waals surface area contributed by atoms with Gasteiger partial charge < -0.3 is 14.4 Å². The molecular weight excluding hydrogens is 294 g/mol. The van der Waals surface area contributed by atoms with E-state index in [9.17, 15) is 9.59 Å². The van der Waals surface area contributed by atoms with Crippen LogP contribution in [0.3, 0.4) is 0 Å². The van der Waals surface area contributed by atoms with Gasteiger partial charge in [0.25, 0.3) is 0 Å². The molecule has 1 saturated heterocycles. The largest absolute Gasteiger partial charge is 0.491 e. The summed E-state index contributed by atoms with van der Waals surface area (Å²) < 4.78 is 10.2. The van der Waals surface area contributed by atoms with Crippen LogP contribution in [-0.4, -0.2) is 43.6 Å². The van der Waals surface area contributed by atoms with Crippen molar-refractivity contribution in [3.8, 4) is 5.75 Å². The number of carbonyl (C=O) groups is 2. The summed E-state index contributed by atoms with van der Waals surface area (Å²) in [7, 11) is 1.37. The molecule has 114 valence electrons. The first-order chi connectivity index (χ1) is 10.1. The van der Waals surface area contributed by atoms with Crippen molar-refractivity contribution < 1.29 is 19.1 Å². The van der Waals surface area contributed by atoms with Crippen LogP contribution >= 0.6 is 11.6 Å². The van der Waals surface area contributed by atoms with Crippen LogP contribution in [0.1, 0.15) is 12.8 Å². The van der Waals surface area contributed by atoms with E-state index in [4.69, 9.17) is 21.1 Å². The molecule has 1 heterocycles. The number of esters is 1. The maximum absolute atomic E-state index is 12.0. The fourth-order valence-electron chi connectivity index (χ4n) is 2.31. The lowest BCUT2D eigenvalue weighted by Crippen LogP contribution is -2.31. The number of para-hydroxylation sites is 1. The predicted molar refractivity (Wildman–Crippen MR) is 78.3 cm³/mol. The van der Waals surface area contributed by atoms with Gasteiger partial charge in [-0.25, -0.2) is 0 Å². The number of ether oxygens (including phenoxy) is 2. The van der Waals surface area contributed by atoms with Crippen molar-refractivity contribution in [1.29, 1.82) is 0 Å². The van der Waals surface area contributed by atoms with Crippen molar-refractivity contribution in [3.63, 3.8) is 0 Å². The Kier molecular flexibility index (Phi) is 5.44. The topological polar surface area (TPSA) is 55.8 Å². The van der Waals surface area contributed by atoms with Crippen molar-refractivity contribution >= 4 is 23.5 Å². The molecule has 5 nitrogen and oxygen atoms in total. The summed E-state index contributed by atoms with van der Waals surface area (Å²) >= 11 is 5.96. The number of likely N-dealkylation sites (tertiary alicyclic amines) is 1. The summed E-state index contributed by atoms with van der Waals surface area (Å²) in [6.45, 7) is 1.28. The number of hydrogen-bond donors (Lipinski definition) is 0. The Morgan fingerprint density at radius 3 is 2.86 bits per heavy atom. The lowest BCUT2D eigenvalue weighted by molar-refractivity contribution is -0.145. The molecule has 0 saturated carbocycles. The van der Waals surface area contributed by atoms with Crippen LogP contribution in [0.4, 0.5) is 0 Å². The van der Waals surface area contributed by atoms with Crippen molar-refractivity contribution in [2.75, 3.05) is 26.8 Å². The second-order valence-electron chi connectivity index (χ2n) is 4.88. The molecule has 0 aromatic heterocycles. The number of amides is 1. The molecular formula is C15H18ClNO4. The highest BCUT2D eigenvalue weighted by Gasteiger charge is 2.31. The Balaban J connectivity index is 1.76. The van der Waals surface area contributed by atoms with Gasteiger partial charge in [0.1, 0.15) is 5.75 Å². The third kappa shape index (κ3) is 4.11. The number of nitrogens with zero attached hydrogens (tertiary/aromatic N) is 1. The molecule has 0 N–H and O–H groups in total. The summed E-state index contributed by atoms with van der Waals surface area (Å²) in [4.78, 5) is 25.1. The molecule has 1 aromatic carbocycles. The van der Waals surface area contributed by atoms with Gasteiger partial charge in [-0.15, -0.1) is 0 Å². The number of rotatable bonds is 5. The molecule has 6 heteroatoms. The van der Waals surface area contributed by atoms with Gasteiger partial charge in [-0.1, -0.05) is 23.7 Å². The molecule has 1 fully saturated rings. The van der Waals surface area contributed by atoms with Gasteiger partial charge in [-0.2, -0.15) is 0 Å². The first kappa shape index (κ1) is 15.6. The van der Waals surface area contributed by atoms with Crippen molar-refractivity contribution in [3.05, 3.63) is 29.3 Å². The molecule has 1 aliphatic heterocycles. The zero-order chi connectivity index (χ0) is 15.2. The normalized spacial score (nSPS) is 17.6. The van der Waals surface area contributed by atoms with E-state index in [1.807, 2.05) is 12.1 Å². The van der Waals surface area contributed by atoms with Gasteiger partial charge in [0.2, 0.25) is 5.91 Å². The molecule has 21 heavy (non-hydrogen) atoms. The third-order valence-corrected chi connectivity index (χ3v) is 3.80. The van der Waals surface area contributed by atoms with Gasteiger partial charge in [0.15, 0.2) is 0 Å². The number of benzene rings is 1. The van der Waals surface area contributed by atoms with E-state index in [1.165, 1.54) is 7.11 Å². The minimum atomic E-state index is -0.252. The monoisotopic (exact) mass is 311 g/mol. The van der Waals surface area contributed by atoms with Crippen LogP contribution in [0.25, 0.3) is 0 Å². The molecule has 0 bridgehead atoms. The quantitative estimate of drug-likeness (QED) is 0.782. The lowest BCUT2D eigenvalue weighted by atomic mass is 10.1. The molecule has 0 spiro atoms. The van der Waals surface area contributed by atoms with Crippen LogP contribution in [0.5, 0.6) is 5.75 Å². The fraction of sp³-hybridized carbons (Fsp3) is 0.467. The van der Waals surface area contributed by atoms with E-state index in [2.05, 4.69) is 0 Å². The fourth-order valence-corrected chi connectivity index (χ4v) is 2.50. The Morgan fingerprint density at radius 2 is 2.14 bits per heavy atom. The highest BCUT2D eigenvalue weighted by atomic mass is 35.5. The number of halogens is 1. The Hall–Kier alpha value is -1.75. The SMILES string of the molecule is COC(=O)C1CCN(C(=O)CCOc2ccccc2Cl)C1. The van der Waals surface area contributed by atoms with E-state index in [0.717, 1.165) is 0 Å². The molecule has 1 atom stereocenters. The summed E-state index contributed by atoms with van der Waals surface area (Å²) in [5.74, 6) is 0.0929. The minimum Gasteiger partial charge on any atom is -0.491 e. The highest BCUT2D eigenvalue weighted by Crippen LogP contribution is 2.23. The highest BCUT2D eigenvalue weighted by molar-refractivity contribution is 6.32. The van der Waals surface area contributed by atoms with E-state index < -0.39 is 0 Å². The second kappa shape index (κ2) is 7.31. The maximum atomic E-state index is 12.0. The van der Waals surface area contributed by atoms with Gasteiger partial charge in [0, 0.05) is 13.1 Å². The lowest BCUT2D eigenvalue weighted by Gasteiger charge is -2.16. The van der Waals surface area contributed by atoms with Gasteiger partial charge in [-0.05, 0) is 18.6 Å². The summed E-state index contributed by atoms with van der Waals surface area (Å²) in [6, 6.07) is 7.14. The molecule has 0 radical (unpaired) electrons. The number of hydrogen-bond acceptors (Lipinski definition) is 4. The predicted octanol–water partition coefficient (Wildman–Crippen LogP) is 2.13. The second-order valence-corrected chi connectivity index (χ2v) is 5.28. The Bertz CT molecular complexity index is 520. The molecule has 0 aliphatic carbocycles. The average Bonchev–Trinajstić information content (AvgIpc) is 2.98. The van der Waals surface area contributed by atoms with Crippen molar-refractivity contribution in [2.45, 2.75) is 12.8 Å². The van der Waals surface area contributed by atoms with Crippen LogP contribution in [0, 0.1) is 5.92 Å². The zero-order valence-corrected chi connectivity index (χ0v) is 12.6. The first-order valence-electron chi connectivity index (χ1n) is 6.84. The molecule has 1 aromatic rings. The van der Waals surface area contributed by atoms with Crippen LogP contribution in [-0.2, 0) is 14.3 Å². The van der Waals surface area contributed by atoms with Crippen molar-refractivity contribution in [2.24, 2.45) is 5.92 Å². The standard InChI is InChI=1S/C15H18ClNO4/c1-20-15(19)11-6-8-17(10-11)14(18)7-9-21-13-5-3-2-4-12(13)16/h2-5,11H,6-10H2,1H3. The number of methoxy groups -OCH3 is 1. The summed E-state index contributed by atoms with van der Waals surface area (Å²) in [6.07, 6.45) is 0.920. The van der Waals surface area contributed by atoms with Gasteiger partial charge in [-0.3, -0.25) is 9.59 Å². The van der Waals surface area contributed by atoms with E-state index in [1.54, 1.807) is 17.0 Å².